The number of benzene rings is 2. The summed E-state index contributed by atoms with van der Waals surface area (Å²) in [7, 11) is -2.32. The second-order valence-corrected chi connectivity index (χ2v) is 7.56. The highest BCUT2D eigenvalue weighted by Crippen LogP contribution is 2.32. The number of halogens is 2. The molecule has 112 valence electrons. The summed E-state index contributed by atoms with van der Waals surface area (Å²) in [5.74, 6) is 0.418. The van der Waals surface area contributed by atoms with Crippen LogP contribution < -0.4 is 15.2 Å². The van der Waals surface area contributed by atoms with Gasteiger partial charge >= 0.3 is 0 Å². The summed E-state index contributed by atoms with van der Waals surface area (Å²) >= 11 is 6.51. The van der Waals surface area contributed by atoms with Gasteiger partial charge in [-0.2, -0.15) is 0 Å². The number of hydrogen-bond donors (Lipinski definition) is 2. The van der Waals surface area contributed by atoms with E-state index in [1.807, 2.05) is 0 Å². The van der Waals surface area contributed by atoms with E-state index < -0.39 is 10.0 Å². The number of sulfonamides is 1. The Morgan fingerprint density at radius 1 is 1.14 bits per heavy atom. The van der Waals surface area contributed by atoms with Gasteiger partial charge in [-0.3, -0.25) is 4.72 Å². The molecule has 0 atom stereocenters. The topological polar surface area (TPSA) is 81.4 Å². The van der Waals surface area contributed by atoms with Crippen LogP contribution in [0.2, 0.25) is 0 Å². The van der Waals surface area contributed by atoms with Crippen LogP contribution in [0, 0.1) is 0 Å². The van der Waals surface area contributed by atoms with Gasteiger partial charge in [-0.1, -0.05) is 15.9 Å². The Bertz CT molecular complexity index is 779. The number of hydrogen-bond acceptors (Lipinski definition) is 4. The van der Waals surface area contributed by atoms with E-state index in [0.717, 1.165) is 4.47 Å². The summed E-state index contributed by atoms with van der Waals surface area (Å²) in [4.78, 5) is 0.0597. The molecule has 0 aliphatic heterocycles. The average molecular weight is 436 g/mol. The minimum absolute atomic E-state index is 0.0597. The quantitative estimate of drug-likeness (QED) is 0.718. The largest absolute Gasteiger partial charge is 0.495 e. The normalized spacial score (nSPS) is 11.2. The maximum atomic E-state index is 12.5. The smallest absolute Gasteiger partial charge is 0.263 e. The third-order valence-corrected chi connectivity index (χ3v) is 5.50. The summed E-state index contributed by atoms with van der Waals surface area (Å²) < 4.78 is 33.8. The Labute approximate surface area is 139 Å². The molecule has 5 nitrogen and oxygen atoms in total. The minimum atomic E-state index is -3.79. The fourth-order valence-electron chi connectivity index (χ4n) is 1.69. The third kappa shape index (κ3) is 3.69. The first-order valence-corrected chi connectivity index (χ1v) is 8.82. The van der Waals surface area contributed by atoms with Crippen molar-refractivity contribution in [1.82, 2.24) is 0 Å². The van der Waals surface area contributed by atoms with Crippen LogP contribution in [0.4, 0.5) is 11.4 Å². The molecule has 0 fully saturated rings. The van der Waals surface area contributed by atoms with E-state index in [1.165, 1.54) is 13.2 Å². The van der Waals surface area contributed by atoms with Crippen LogP contribution in [0.15, 0.2) is 50.2 Å². The van der Waals surface area contributed by atoms with Crippen molar-refractivity contribution in [2.75, 3.05) is 17.6 Å². The molecule has 0 aliphatic carbocycles. The molecule has 2 aromatic carbocycles. The molecule has 3 N–H and O–H groups in total. The predicted molar refractivity (Wildman–Crippen MR) is 90.1 cm³/mol. The van der Waals surface area contributed by atoms with E-state index in [4.69, 9.17) is 10.5 Å². The maximum absolute atomic E-state index is 12.5. The van der Waals surface area contributed by atoms with Crippen molar-refractivity contribution >= 4 is 53.3 Å². The molecule has 0 unspecified atom stereocenters. The average Bonchev–Trinajstić information content (AvgIpc) is 2.41. The molecule has 21 heavy (non-hydrogen) atoms. The van der Waals surface area contributed by atoms with Crippen LogP contribution in [0.25, 0.3) is 0 Å². The fraction of sp³-hybridized carbons (Fsp3) is 0.0769. The highest BCUT2D eigenvalue weighted by molar-refractivity contribution is 9.10. The van der Waals surface area contributed by atoms with Crippen molar-refractivity contribution in [3.63, 3.8) is 0 Å². The number of anilines is 2. The van der Waals surface area contributed by atoms with Crippen molar-refractivity contribution in [3.8, 4) is 5.75 Å². The molecule has 0 spiro atoms. The van der Waals surface area contributed by atoms with E-state index in [1.54, 1.807) is 30.3 Å². The van der Waals surface area contributed by atoms with Crippen LogP contribution in [-0.2, 0) is 10.0 Å². The SMILES string of the molecule is COc1ccc(Br)cc1NS(=O)(=O)c1cc(N)ccc1Br. The molecule has 2 rings (SSSR count). The van der Waals surface area contributed by atoms with Gasteiger partial charge in [-0.05, 0) is 52.3 Å². The van der Waals surface area contributed by atoms with Crippen molar-refractivity contribution in [1.29, 1.82) is 0 Å². The standard InChI is InChI=1S/C13H12Br2N2O3S/c1-20-12-5-2-8(14)6-11(12)17-21(18,19)13-7-9(16)3-4-10(13)15/h2-7,17H,16H2,1H3. The summed E-state index contributed by atoms with van der Waals surface area (Å²) in [6.07, 6.45) is 0. The van der Waals surface area contributed by atoms with Crippen LogP contribution in [0.5, 0.6) is 5.75 Å². The van der Waals surface area contributed by atoms with Gasteiger partial charge in [0.05, 0.1) is 12.8 Å². The molecular formula is C13H12Br2N2O3S. The first kappa shape index (κ1) is 16.1. The minimum Gasteiger partial charge on any atom is -0.495 e. The molecule has 0 radical (unpaired) electrons. The second-order valence-electron chi connectivity index (χ2n) is 4.14. The number of rotatable bonds is 4. The van der Waals surface area contributed by atoms with Crippen LogP contribution >= 0.6 is 31.9 Å². The van der Waals surface area contributed by atoms with Gasteiger partial charge in [-0.15, -0.1) is 0 Å². The lowest BCUT2D eigenvalue weighted by Crippen LogP contribution is -2.14. The van der Waals surface area contributed by atoms with E-state index in [0.29, 0.717) is 21.6 Å². The third-order valence-electron chi connectivity index (χ3n) is 2.65. The molecular weight excluding hydrogens is 424 g/mol. The summed E-state index contributed by atoms with van der Waals surface area (Å²) in [5, 5.41) is 0. The van der Waals surface area contributed by atoms with Crippen LogP contribution in [-0.4, -0.2) is 15.5 Å². The van der Waals surface area contributed by atoms with Gasteiger partial charge < -0.3 is 10.5 Å². The highest BCUT2D eigenvalue weighted by Gasteiger charge is 2.20. The van der Waals surface area contributed by atoms with Gasteiger partial charge in [0, 0.05) is 14.6 Å². The molecule has 0 saturated carbocycles. The Morgan fingerprint density at radius 2 is 1.86 bits per heavy atom. The molecule has 2 aromatic rings. The summed E-state index contributed by atoms with van der Waals surface area (Å²) in [5.41, 5.74) is 6.35. The highest BCUT2D eigenvalue weighted by atomic mass is 79.9. The Morgan fingerprint density at radius 3 is 2.52 bits per heavy atom. The zero-order valence-electron chi connectivity index (χ0n) is 10.9. The van der Waals surface area contributed by atoms with E-state index >= 15 is 0 Å². The van der Waals surface area contributed by atoms with Gasteiger partial charge in [-0.25, -0.2) is 8.42 Å². The van der Waals surface area contributed by atoms with Gasteiger partial charge in [0.2, 0.25) is 0 Å². The number of ether oxygens (including phenoxy) is 1. The van der Waals surface area contributed by atoms with Gasteiger partial charge in [0.15, 0.2) is 0 Å². The first-order chi connectivity index (χ1) is 9.83. The fourth-order valence-corrected chi connectivity index (χ4v) is 4.11. The molecule has 0 bridgehead atoms. The number of nitrogens with one attached hydrogen (secondary N) is 1. The lowest BCUT2D eigenvalue weighted by molar-refractivity contribution is 0.417. The molecule has 8 heteroatoms. The van der Waals surface area contributed by atoms with E-state index in [-0.39, 0.29) is 4.90 Å². The second kappa shape index (κ2) is 6.25. The van der Waals surface area contributed by atoms with Crippen LogP contribution in [0.3, 0.4) is 0 Å². The lowest BCUT2D eigenvalue weighted by Gasteiger charge is -2.13. The maximum Gasteiger partial charge on any atom is 0.263 e. The van der Waals surface area contributed by atoms with Crippen molar-refractivity contribution < 1.29 is 13.2 Å². The number of nitrogen functional groups attached to an aromatic ring is 1. The molecule has 0 aromatic heterocycles. The first-order valence-electron chi connectivity index (χ1n) is 5.75. The summed E-state index contributed by atoms with van der Waals surface area (Å²) in [6, 6.07) is 9.63. The number of nitrogens with two attached hydrogens (primary N) is 1. The zero-order valence-corrected chi connectivity index (χ0v) is 14.9. The Kier molecular flexibility index (Phi) is 4.80. The van der Waals surface area contributed by atoms with Crippen molar-refractivity contribution in [2.24, 2.45) is 0 Å². The monoisotopic (exact) mass is 434 g/mol. The lowest BCUT2D eigenvalue weighted by atomic mass is 10.3. The zero-order chi connectivity index (χ0) is 15.6. The van der Waals surface area contributed by atoms with Crippen molar-refractivity contribution in [2.45, 2.75) is 4.90 Å². The number of methoxy groups -OCH3 is 1. The van der Waals surface area contributed by atoms with Crippen LogP contribution in [0.1, 0.15) is 0 Å². The van der Waals surface area contributed by atoms with Gasteiger partial charge in [0.1, 0.15) is 10.6 Å². The molecule has 0 saturated heterocycles. The van der Waals surface area contributed by atoms with Gasteiger partial charge in [0.25, 0.3) is 10.0 Å². The van der Waals surface area contributed by atoms with E-state index in [2.05, 4.69) is 36.6 Å². The Hall–Kier alpha value is -1.25. The molecule has 0 aliphatic rings. The molecule has 0 amide bonds. The predicted octanol–water partition coefficient (Wildman–Crippen LogP) is 3.60. The van der Waals surface area contributed by atoms with E-state index in [9.17, 15) is 8.42 Å². The summed E-state index contributed by atoms with van der Waals surface area (Å²) in [6.45, 7) is 0. The molecule has 0 heterocycles. The van der Waals surface area contributed by atoms with Crippen molar-refractivity contribution in [3.05, 3.63) is 45.3 Å². The Balaban J connectivity index is 2.47.